The van der Waals surface area contributed by atoms with Gasteiger partial charge in [-0.2, -0.15) is 0 Å². The van der Waals surface area contributed by atoms with E-state index in [0.717, 1.165) is 17.8 Å². The van der Waals surface area contributed by atoms with Crippen molar-refractivity contribution in [2.75, 3.05) is 26.2 Å². The molecule has 1 saturated carbocycles. The van der Waals surface area contributed by atoms with E-state index in [1.54, 1.807) is 0 Å². The fourth-order valence-electron chi connectivity index (χ4n) is 4.05. The SMILES string of the molecule is CCCNC1C(CN(CC(C)C)CC(C)C)CCC1(C)C. The number of hydrogen-bond acceptors (Lipinski definition) is 2. The van der Waals surface area contributed by atoms with Crippen molar-refractivity contribution in [3.05, 3.63) is 0 Å². The second-order valence-corrected chi connectivity index (χ2v) is 8.73. The van der Waals surface area contributed by atoms with Gasteiger partial charge in [0.05, 0.1) is 0 Å². The maximum atomic E-state index is 3.86. The highest BCUT2D eigenvalue weighted by atomic mass is 15.1. The molecule has 0 saturated heterocycles. The van der Waals surface area contributed by atoms with Gasteiger partial charge in [-0.25, -0.2) is 0 Å². The van der Waals surface area contributed by atoms with Crippen molar-refractivity contribution in [2.45, 2.75) is 73.8 Å². The molecular weight excluding hydrogens is 256 g/mol. The van der Waals surface area contributed by atoms with Crippen LogP contribution in [0.4, 0.5) is 0 Å². The largest absolute Gasteiger partial charge is 0.313 e. The lowest BCUT2D eigenvalue weighted by Gasteiger charge is -2.35. The average Bonchev–Trinajstić information content (AvgIpc) is 2.60. The molecule has 1 fully saturated rings. The van der Waals surface area contributed by atoms with E-state index in [-0.39, 0.29) is 0 Å². The number of hydrogen-bond donors (Lipinski definition) is 1. The topological polar surface area (TPSA) is 15.3 Å². The van der Waals surface area contributed by atoms with Gasteiger partial charge < -0.3 is 10.2 Å². The Morgan fingerprint density at radius 1 is 1.10 bits per heavy atom. The Hall–Kier alpha value is -0.0800. The van der Waals surface area contributed by atoms with Crippen LogP contribution in [0.3, 0.4) is 0 Å². The van der Waals surface area contributed by atoms with Crippen LogP contribution in [0.2, 0.25) is 0 Å². The van der Waals surface area contributed by atoms with Gasteiger partial charge in [-0.3, -0.25) is 0 Å². The van der Waals surface area contributed by atoms with E-state index in [4.69, 9.17) is 0 Å². The van der Waals surface area contributed by atoms with E-state index in [2.05, 4.69) is 58.7 Å². The Balaban J connectivity index is 2.66. The van der Waals surface area contributed by atoms with Crippen molar-refractivity contribution in [3.63, 3.8) is 0 Å². The van der Waals surface area contributed by atoms with Crippen LogP contribution in [-0.4, -0.2) is 37.1 Å². The first-order valence-corrected chi connectivity index (χ1v) is 9.22. The van der Waals surface area contributed by atoms with Crippen molar-refractivity contribution < 1.29 is 0 Å². The molecule has 0 spiro atoms. The van der Waals surface area contributed by atoms with E-state index in [9.17, 15) is 0 Å². The van der Waals surface area contributed by atoms with Crippen LogP contribution in [0.1, 0.15) is 67.7 Å². The summed E-state index contributed by atoms with van der Waals surface area (Å²) in [4.78, 5) is 2.72. The van der Waals surface area contributed by atoms with Crippen molar-refractivity contribution >= 4 is 0 Å². The third-order valence-corrected chi connectivity index (χ3v) is 4.83. The first-order chi connectivity index (χ1) is 9.76. The zero-order valence-electron chi connectivity index (χ0n) is 15.7. The smallest absolute Gasteiger partial charge is 0.0159 e. The molecule has 126 valence electrons. The molecule has 0 bridgehead atoms. The Kier molecular flexibility index (Phi) is 7.70. The van der Waals surface area contributed by atoms with Gasteiger partial charge in [-0.1, -0.05) is 48.5 Å². The van der Waals surface area contributed by atoms with Gasteiger partial charge in [0, 0.05) is 25.7 Å². The summed E-state index contributed by atoms with van der Waals surface area (Å²) < 4.78 is 0. The highest BCUT2D eigenvalue weighted by Crippen LogP contribution is 2.41. The molecule has 21 heavy (non-hydrogen) atoms. The van der Waals surface area contributed by atoms with E-state index >= 15 is 0 Å². The lowest BCUT2D eigenvalue weighted by Crippen LogP contribution is -2.47. The molecule has 0 aromatic carbocycles. The van der Waals surface area contributed by atoms with Crippen LogP contribution < -0.4 is 5.32 Å². The predicted octanol–water partition coefficient (Wildman–Crippen LogP) is 4.40. The zero-order chi connectivity index (χ0) is 16.0. The summed E-state index contributed by atoms with van der Waals surface area (Å²) in [5, 5.41) is 3.86. The molecule has 0 heterocycles. The summed E-state index contributed by atoms with van der Waals surface area (Å²) >= 11 is 0. The lowest BCUT2D eigenvalue weighted by atomic mass is 9.84. The molecule has 2 atom stereocenters. The van der Waals surface area contributed by atoms with Crippen LogP contribution in [-0.2, 0) is 0 Å². The summed E-state index contributed by atoms with van der Waals surface area (Å²) in [5.41, 5.74) is 0.459. The predicted molar refractivity (Wildman–Crippen MR) is 94.7 cm³/mol. The summed E-state index contributed by atoms with van der Waals surface area (Å²) in [7, 11) is 0. The molecule has 0 aliphatic heterocycles. The van der Waals surface area contributed by atoms with Crippen LogP contribution >= 0.6 is 0 Å². The van der Waals surface area contributed by atoms with Gasteiger partial charge in [0.25, 0.3) is 0 Å². The second kappa shape index (κ2) is 8.53. The first-order valence-electron chi connectivity index (χ1n) is 9.22. The fourth-order valence-corrected chi connectivity index (χ4v) is 4.05. The lowest BCUT2D eigenvalue weighted by molar-refractivity contribution is 0.158. The van der Waals surface area contributed by atoms with Crippen LogP contribution in [0.15, 0.2) is 0 Å². The molecule has 2 nitrogen and oxygen atoms in total. The van der Waals surface area contributed by atoms with Crippen molar-refractivity contribution in [1.29, 1.82) is 0 Å². The third kappa shape index (κ3) is 6.28. The molecule has 0 aromatic heterocycles. The number of nitrogens with one attached hydrogen (secondary N) is 1. The van der Waals surface area contributed by atoms with Crippen LogP contribution in [0, 0.1) is 23.2 Å². The monoisotopic (exact) mass is 296 g/mol. The molecule has 2 unspecified atom stereocenters. The van der Waals surface area contributed by atoms with Crippen molar-refractivity contribution in [1.82, 2.24) is 10.2 Å². The third-order valence-electron chi connectivity index (χ3n) is 4.83. The molecule has 1 N–H and O–H groups in total. The highest BCUT2D eigenvalue weighted by molar-refractivity contribution is 4.97. The van der Waals surface area contributed by atoms with Crippen LogP contribution in [0.5, 0.6) is 0 Å². The van der Waals surface area contributed by atoms with E-state index in [1.807, 2.05) is 0 Å². The summed E-state index contributed by atoms with van der Waals surface area (Å²) in [5.74, 6) is 2.35. The normalized spacial score (nSPS) is 25.4. The standard InChI is InChI=1S/C19H40N2/c1-8-11-20-18-17(9-10-19(18,6)7)14-21(12-15(2)3)13-16(4)5/h15-18,20H,8-14H2,1-7H3. The van der Waals surface area contributed by atoms with Crippen molar-refractivity contribution in [2.24, 2.45) is 23.2 Å². The van der Waals surface area contributed by atoms with Gasteiger partial charge in [0.1, 0.15) is 0 Å². The van der Waals surface area contributed by atoms with Gasteiger partial charge in [-0.05, 0) is 49.0 Å². The average molecular weight is 297 g/mol. The molecule has 0 amide bonds. The number of rotatable bonds is 9. The molecule has 1 aliphatic rings. The quantitative estimate of drug-likeness (QED) is 0.678. The van der Waals surface area contributed by atoms with Gasteiger partial charge in [0.2, 0.25) is 0 Å². The summed E-state index contributed by atoms with van der Waals surface area (Å²) in [6, 6.07) is 0.694. The minimum atomic E-state index is 0.459. The minimum Gasteiger partial charge on any atom is -0.313 e. The van der Waals surface area contributed by atoms with E-state index in [0.29, 0.717) is 11.5 Å². The van der Waals surface area contributed by atoms with Gasteiger partial charge >= 0.3 is 0 Å². The van der Waals surface area contributed by atoms with E-state index in [1.165, 1.54) is 45.4 Å². The van der Waals surface area contributed by atoms with Crippen molar-refractivity contribution in [3.8, 4) is 0 Å². The molecule has 0 radical (unpaired) electrons. The molecule has 1 aliphatic carbocycles. The second-order valence-electron chi connectivity index (χ2n) is 8.73. The molecule has 1 rings (SSSR count). The minimum absolute atomic E-state index is 0.459. The van der Waals surface area contributed by atoms with Crippen LogP contribution in [0.25, 0.3) is 0 Å². The Bertz CT molecular complexity index is 273. The number of nitrogens with zero attached hydrogens (tertiary/aromatic N) is 1. The van der Waals surface area contributed by atoms with Gasteiger partial charge in [-0.15, -0.1) is 0 Å². The summed E-state index contributed by atoms with van der Waals surface area (Å²) in [6.45, 7) is 21.5. The molecular formula is C19H40N2. The highest BCUT2D eigenvalue weighted by Gasteiger charge is 2.41. The maximum Gasteiger partial charge on any atom is 0.0159 e. The first kappa shape index (κ1) is 19.0. The molecule has 0 aromatic rings. The molecule has 2 heteroatoms. The maximum absolute atomic E-state index is 3.86. The Labute approximate surface area is 134 Å². The van der Waals surface area contributed by atoms with Gasteiger partial charge in [0.15, 0.2) is 0 Å². The van der Waals surface area contributed by atoms with E-state index < -0.39 is 0 Å². The fraction of sp³-hybridized carbons (Fsp3) is 1.00. The Morgan fingerprint density at radius 3 is 2.14 bits per heavy atom. The zero-order valence-corrected chi connectivity index (χ0v) is 15.7. The summed E-state index contributed by atoms with van der Waals surface area (Å²) in [6.07, 6.45) is 4.00. The Morgan fingerprint density at radius 2 is 1.67 bits per heavy atom.